The lowest BCUT2D eigenvalue weighted by Gasteiger charge is -2.22. The molecule has 2 N–H and O–H groups in total. The molecule has 1 amide bonds. The summed E-state index contributed by atoms with van der Waals surface area (Å²) in [5.41, 5.74) is 2.03. The van der Waals surface area contributed by atoms with Gasteiger partial charge in [0.1, 0.15) is 23.5 Å². The van der Waals surface area contributed by atoms with Crippen molar-refractivity contribution in [1.29, 1.82) is 0 Å². The Bertz CT molecular complexity index is 1260. The van der Waals surface area contributed by atoms with Crippen LogP contribution in [0.2, 0.25) is 0 Å². The maximum absolute atomic E-state index is 12.2. The second-order valence-electron chi connectivity index (χ2n) is 11.0. The van der Waals surface area contributed by atoms with E-state index in [2.05, 4.69) is 41.5 Å². The average Bonchev–Trinajstić information content (AvgIpc) is 3.23. The van der Waals surface area contributed by atoms with Gasteiger partial charge in [-0.25, -0.2) is 19.0 Å². The summed E-state index contributed by atoms with van der Waals surface area (Å²) in [5.74, 6) is 1.45. The first-order chi connectivity index (χ1) is 17.0. The molecule has 0 aromatic carbocycles. The Morgan fingerprint density at radius 1 is 1.28 bits per heavy atom. The van der Waals surface area contributed by atoms with E-state index >= 15 is 0 Å². The summed E-state index contributed by atoms with van der Waals surface area (Å²) in [5, 5.41) is 15.9. The number of aromatic nitrogens is 5. The number of hydrogen-bond acceptors (Lipinski definition) is 8. The zero-order chi connectivity index (χ0) is 25.7. The fraction of sp³-hybridized carbons (Fsp3) is 0.600. The van der Waals surface area contributed by atoms with Crippen LogP contribution in [0.3, 0.4) is 0 Å². The highest BCUT2D eigenvalue weighted by molar-refractivity contribution is 5.72. The summed E-state index contributed by atoms with van der Waals surface area (Å²) in [6.07, 6.45) is 4.96. The summed E-state index contributed by atoms with van der Waals surface area (Å²) in [6, 6.07) is 3.95. The fourth-order valence-electron chi connectivity index (χ4n) is 4.26. The molecule has 0 radical (unpaired) electrons. The van der Waals surface area contributed by atoms with E-state index in [9.17, 15) is 4.79 Å². The van der Waals surface area contributed by atoms with Gasteiger partial charge in [-0.05, 0) is 53.5 Å². The number of nitrogens with zero attached hydrogens (tertiary/aromatic N) is 5. The highest BCUT2D eigenvalue weighted by Crippen LogP contribution is 2.36. The van der Waals surface area contributed by atoms with Crippen LogP contribution in [-0.4, -0.2) is 55.8 Å². The number of nitrogens with one attached hydrogen (secondary N) is 2. The minimum atomic E-state index is -0.381. The van der Waals surface area contributed by atoms with E-state index in [1.807, 2.05) is 36.9 Å². The summed E-state index contributed by atoms with van der Waals surface area (Å²) >= 11 is 0. The molecule has 194 valence electrons. The van der Waals surface area contributed by atoms with E-state index < -0.39 is 0 Å². The second kappa shape index (κ2) is 9.04. The van der Waals surface area contributed by atoms with Gasteiger partial charge in [0.05, 0.1) is 29.6 Å². The number of alkyl carbamates (subject to hydrolysis) is 1. The largest absolute Gasteiger partial charge is 0.444 e. The van der Waals surface area contributed by atoms with Crippen LogP contribution in [0.1, 0.15) is 77.5 Å². The van der Waals surface area contributed by atoms with Crippen LogP contribution in [0.4, 0.5) is 16.4 Å². The van der Waals surface area contributed by atoms with Crippen LogP contribution in [0, 0.1) is 0 Å². The first-order valence-electron chi connectivity index (χ1n) is 12.4. The number of carbonyl (C=O) groups is 1. The smallest absolute Gasteiger partial charge is 0.407 e. The molecule has 1 aliphatic heterocycles. The van der Waals surface area contributed by atoms with Gasteiger partial charge in [-0.15, -0.1) is 0 Å². The number of methoxy groups -OCH3 is 1. The van der Waals surface area contributed by atoms with Crippen molar-refractivity contribution < 1.29 is 19.0 Å². The molecule has 4 heterocycles. The van der Waals surface area contributed by atoms with Crippen LogP contribution >= 0.6 is 0 Å². The first kappa shape index (κ1) is 24.5. The van der Waals surface area contributed by atoms with Gasteiger partial charge in [0, 0.05) is 37.5 Å². The third kappa shape index (κ3) is 5.03. The van der Waals surface area contributed by atoms with Crippen LogP contribution in [0.5, 0.6) is 0 Å². The number of hydrogen-bond donors (Lipinski definition) is 2. The molecule has 1 unspecified atom stereocenters. The third-order valence-corrected chi connectivity index (χ3v) is 6.76. The maximum atomic E-state index is 12.2. The Hall–Kier alpha value is -3.18. The number of anilines is 2. The topological polar surface area (TPSA) is 117 Å². The van der Waals surface area contributed by atoms with Crippen LogP contribution in [-0.2, 0) is 19.7 Å². The molecule has 5 rings (SSSR count). The summed E-state index contributed by atoms with van der Waals surface area (Å²) < 4.78 is 20.7. The molecule has 0 bridgehead atoms. The number of amides is 1. The van der Waals surface area contributed by atoms with E-state index in [0.29, 0.717) is 18.8 Å². The molecule has 36 heavy (non-hydrogen) atoms. The van der Waals surface area contributed by atoms with Gasteiger partial charge in [-0.3, -0.25) is 0 Å². The van der Waals surface area contributed by atoms with Crippen molar-refractivity contribution in [3.8, 4) is 0 Å². The molecule has 0 spiro atoms. The summed E-state index contributed by atoms with van der Waals surface area (Å²) in [6.45, 7) is 10.6. The Morgan fingerprint density at radius 2 is 2.06 bits per heavy atom. The molecule has 2 fully saturated rings. The normalized spacial score (nSPS) is 21.9. The lowest BCUT2D eigenvalue weighted by molar-refractivity contribution is 0.0672. The minimum Gasteiger partial charge on any atom is -0.444 e. The molecule has 1 saturated heterocycles. The van der Waals surface area contributed by atoms with E-state index in [1.165, 1.54) is 0 Å². The van der Waals surface area contributed by atoms with Gasteiger partial charge < -0.3 is 24.8 Å². The molecule has 3 aromatic heterocycles. The zero-order valence-electron chi connectivity index (χ0n) is 21.7. The van der Waals surface area contributed by atoms with Crippen molar-refractivity contribution in [2.75, 3.05) is 19.0 Å². The molecule has 11 heteroatoms. The zero-order valence-corrected chi connectivity index (χ0v) is 21.7. The van der Waals surface area contributed by atoms with Crippen LogP contribution in [0.15, 0.2) is 24.5 Å². The minimum absolute atomic E-state index is 0.114. The predicted molar refractivity (Wildman–Crippen MR) is 133 cm³/mol. The predicted octanol–water partition coefficient (Wildman–Crippen LogP) is 4.24. The van der Waals surface area contributed by atoms with Crippen LogP contribution in [0.25, 0.3) is 5.52 Å². The average molecular weight is 498 g/mol. The van der Waals surface area contributed by atoms with Crippen molar-refractivity contribution in [2.24, 2.45) is 0 Å². The number of ether oxygens (including phenoxy) is 3. The van der Waals surface area contributed by atoms with Crippen molar-refractivity contribution in [1.82, 2.24) is 29.7 Å². The fourth-order valence-corrected chi connectivity index (χ4v) is 4.26. The molecule has 11 nitrogen and oxygen atoms in total. The third-order valence-electron chi connectivity index (χ3n) is 6.76. The Kier molecular flexibility index (Phi) is 6.16. The van der Waals surface area contributed by atoms with E-state index in [1.54, 1.807) is 17.8 Å². The quantitative estimate of drug-likeness (QED) is 0.498. The molecule has 3 aromatic rings. The standard InChI is InChI=1S/C25H35N7O4/c1-15(34-6)17-12-19-22(26-9-10-31(19)29-17)27-21-13-18(30-32(21)24(2,3)4)20-11-16(14-35-20)36-23(33)28-25(5)7-8-25/h9-10,12-13,15-16,20H,7-8,11,14H2,1-6H3,(H,26,27)(H,28,33)/t15?,16-,20-/m1/s1. The van der Waals surface area contributed by atoms with Gasteiger partial charge in [0.25, 0.3) is 0 Å². The highest BCUT2D eigenvalue weighted by Gasteiger charge is 2.40. The molecule has 2 aliphatic rings. The molecule has 1 saturated carbocycles. The number of carbonyl (C=O) groups excluding carboxylic acids is 1. The number of rotatable bonds is 7. The van der Waals surface area contributed by atoms with Crippen molar-refractivity contribution in [3.63, 3.8) is 0 Å². The van der Waals surface area contributed by atoms with Gasteiger partial charge in [-0.2, -0.15) is 10.2 Å². The summed E-state index contributed by atoms with van der Waals surface area (Å²) in [7, 11) is 1.66. The maximum Gasteiger partial charge on any atom is 0.407 e. The Morgan fingerprint density at radius 3 is 2.75 bits per heavy atom. The number of fused-ring (bicyclic) bond motifs is 1. The van der Waals surface area contributed by atoms with Crippen molar-refractivity contribution in [2.45, 2.75) is 83.3 Å². The van der Waals surface area contributed by atoms with E-state index in [-0.39, 0.29) is 35.5 Å². The van der Waals surface area contributed by atoms with Crippen LogP contribution < -0.4 is 10.6 Å². The SMILES string of the molecule is COC(C)c1cc2c(Nc3cc([C@H]4C[C@@H](OC(=O)NC5(C)CC5)CO4)nn3C(C)(C)C)nccn2n1. The van der Waals surface area contributed by atoms with Crippen molar-refractivity contribution >= 4 is 23.2 Å². The van der Waals surface area contributed by atoms with Gasteiger partial charge in [0.15, 0.2) is 5.82 Å². The van der Waals surface area contributed by atoms with Gasteiger partial charge in [0.2, 0.25) is 0 Å². The molecule has 1 aliphatic carbocycles. The van der Waals surface area contributed by atoms with E-state index in [4.69, 9.17) is 19.3 Å². The molecule has 3 atom stereocenters. The van der Waals surface area contributed by atoms with E-state index in [0.717, 1.165) is 35.6 Å². The lowest BCUT2D eigenvalue weighted by atomic mass is 10.1. The monoisotopic (exact) mass is 497 g/mol. The first-order valence-corrected chi connectivity index (χ1v) is 12.4. The van der Waals surface area contributed by atoms with Gasteiger partial charge in [-0.1, -0.05) is 0 Å². The second-order valence-corrected chi connectivity index (χ2v) is 11.0. The Balaban J connectivity index is 1.35. The van der Waals surface area contributed by atoms with Crippen molar-refractivity contribution in [3.05, 3.63) is 35.9 Å². The molecular weight excluding hydrogens is 462 g/mol. The highest BCUT2D eigenvalue weighted by atomic mass is 16.6. The summed E-state index contributed by atoms with van der Waals surface area (Å²) in [4.78, 5) is 16.8. The lowest BCUT2D eigenvalue weighted by Crippen LogP contribution is -2.37. The molecular formula is C25H35N7O4. The van der Waals surface area contributed by atoms with Gasteiger partial charge >= 0.3 is 6.09 Å². The Labute approximate surface area is 210 Å².